The van der Waals surface area contributed by atoms with Gasteiger partial charge in [-0.15, -0.1) is 0 Å². The van der Waals surface area contributed by atoms with E-state index in [-0.39, 0.29) is 5.91 Å². The number of rotatable bonds is 6. The molecule has 1 rings (SSSR count). The smallest absolute Gasteiger partial charge is 0.251 e. The third-order valence-corrected chi connectivity index (χ3v) is 3.06. The summed E-state index contributed by atoms with van der Waals surface area (Å²) in [6.45, 7) is 6.93. The molecule has 0 aromatic heterocycles. The molecule has 0 saturated heterocycles. The minimum atomic E-state index is -0.00158. The van der Waals surface area contributed by atoms with Crippen LogP contribution >= 0.6 is 0 Å². The predicted octanol–water partition coefficient (Wildman–Crippen LogP) is 4.24. The van der Waals surface area contributed by atoms with Gasteiger partial charge >= 0.3 is 0 Å². The van der Waals surface area contributed by atoms with E-state index in [1.54, 1.807) is 0 Å². The Balaban J connectivity index is 2.34. The van der Waals surface area contributed by atoms with Gasteiger partial charge in [0.15, 0.2) is 0 Å². The van der Waals surface area contributed by atoms with Crippen LogP contribution in [-0.4, -0.2) is 12.5 Å². The standard InChI is InChI=1S/C18H25NO/c1-15(2)9-8-10-16(3)13-14-19-18(20)17-11-6-4-5-7-12-17/h4-6,9,11-13H,7-8,10,14H2,1-3H3,(H,19,20)/b16-13+. The Morgan fingerprint density at radius 2 is 2.05 bits per heavy atom. The van der Waals surface area contributed by atoms with Crippen molar-refractivity contribution in [2.24, 2.45) is 0 Å². The van der Waals surface area contributed by atoms with Crippen molar-refractivity contribution in [2.45, 2.75) is 40.0 Å². The van der Waals surface area contributed by atoms with Gasteiger partial charge in [0.1, 0.15) is 0 Å². The van der Waals surface area contributed by atoms with Gasteiger partial charge in [-0.05, 0) is 46.1 Å². The van der Waals surface area contributed by atoms with Crippen LogP contribution in [0.2, 0.25) is 0 Å². The first kappa shape index (κ1) is 16.2. The number of carbonyl (C=O) groups is 1. The van der Waals surface area contributed by atoms with E-state index in [2.05, 4.69) is 38.2 Å². The minimum absolute atomic E-state index is 0.00158. The minimum Gasteiger partial charge on any atom is -0.349 e. The topological polar surface area (TPSA) is 29.1 Å². The first-order valence-electron chi connectivity index (χ1n) is 7.20. The zero-order valence-electron chi connectivity index (χ0n) is 12.8. The molecular formula is C18H25NO. The molecular weight excluding hydrogens is 246 g/mol. The molecule has 0 bridgehead atoms. The molecule has 1 aliphatic carbocycles. The Labute approximate surface area is 122 Å². The van der Waals surface area contributed by atoms with Crippen LogP contribution in [0.25, 0.3) is 0 Å². The maximum Gasteiger partial charge on any atom is 0.251 e. The number of carbonyl (C=O) groups excluding carboxylic acids is 1. The molecule has 0 heterocycles. The van der Waals surface area contributed by atoms with Crippen LogP contribution in [0.3, 0.4) is 0 Å². The second-order valence-corrected chi connectivity index (χ2v) is 5.26. The number of nitrogens with one attached hydrogen (secondary N) is 1. The van der Waals surface area contributed by atoms with Gasteiger partial charge in [-0.3, -0.25) is 4.79 Å². The van der Waals surface area contributed by atoms with Crippen molar-refractivity contribution >= 4 is 5.91 Å². The maximum absolute atomic E-state index is 11.9. The summed E-state index contributed by atoms with van der Waals surface area (Å²) in [5.74, 6) is -0.00158. The molecule has 20 heavy (non-hydrogen) atoms. The van der Waals surface area contributed by atoms with Gasteiger partial charge in [-0.1, -0.05) is 47.6 Å². The Morgan fingerprint density at radius 1 is 1.25 bits per heavy atom. The number of amides is 1. The number of hydrogen-bond donors (Lipinski definition) is 1. The lowest BCUT2D eigenvalue weighted by atomic mass is 10.1. The van der Waals surface area contributed by atoms with E-state index in [1.165, 1.54) is 11.1 Å². The zero-order chi connectivity index (χ0) is 14.8. The highest BCUT2D eigenvalue weighted by Gasteiger charge is 2.04. The molecule has 2 heteroatoms. The summed E-state index contributed by atoms with van der Waals surface area (Å²) in [6, 6.07) is 0. The largest absolute Gasteiger partial charge is 0.349 e. The quantitative estimate of drug-likeness (QED) is 0.719. The molecule has 0 atom stereocenters. The summed E-state index contributed by atoms with van der Waals surface area (Å²) in [6.07, 6.45) is 17.0. The lowest BCUT2D eigenvalue weighted by Crippen LogP contribution is -2.24. The second kappa shape index (κ2) is 9.13. The van der Waals surface area contributed by atoms with Crippen molar-refractivity contribution in [3.05, 3.63) is 59.3 Å². The SMILES string of the molecule is CC(C)=CCC/C(C)=C/CNC(=O)C1=CCC=CC=C1. The fourth-order valence-corrected chi connectivity index (χ4v) is 1.86. The summed E-state index contributed by atoms with van der Waals surface area (Å²) < 4.78 is 0. The van der Waals surface area contributed by atoms with Gasteiger partial charge in [0.2, 0.25) is 0 Å². The van der Waals surface area contributed by atoms with Gasteiger partial charge in [-0.25, -0.2) is 0 Å². The summed E-state index contributed by atoms with van der Waals surface area (Å²) >= 11 is 0. The molecule has 0 fully saturated rings. The molecule has 0 radical (unpaired) electrons. The Hall–Kier alpha value is -1.83. The first-order valence-corrected chi connectivity index (χ1v) is 7.20. The van der Waals surface area contributed by atoms with Crippen LogP contribution in [0, 0.1) is 0 Å². The third-order valence-electron chi connectivity index (χ3n) is 3.06. The Morgan fingerprint density at radius 3 is 2.80 bits per heavy atom. The van der Waals surface area contributed by atoms with E-state index in [1.807, 2.05) is 30.4 Å². The van der Waals surface area contributed by atoms with E-state index >= 15 is 0 Å². The molecule has 0 unspecified atom stereocenters. The van der Waals surface area contributed by atoms with E-state index in [0.29, 0.717) is 6.54 Å². The van der Waals surface area contributed by atoms with Gasteiger partial charge in [0.05, 0.1) is 0 Å². The summed E-state index contributed by atoms with van der Waals surface area (Å²) in [5, 5.41) is 2.93. The monoisotopic (exact) mass is 271 g/mol. The Kier molecular flexibility index (Phi) is 7.41. The van der Waals surface area contributed by atoms with Crippen molar-refractivity contribution in [1.29, 1.82) is 0 Å². The molecule has 108 valence electrons. The van der Waals surface area contributed by atoms with Crippen LogP contribution in [0.5, 0.6) is 0 Å². The van der Waals surface area contributed by atoms with Crippen molar-refractivity contribution in [3.8, 4) is 0 Å². The number of hydrogen-bond acceptors (Lipinski definition) is 1. The zero-order valence-corrected chi connectivity index (χ0v) is 12.8. The fourth-order valence-electron chi connectivity index (χ4n) is 1.86. The number of allylic oxidation sites excluding steroid dienone is 7. The molecule has 0 aliphatic heterocycles. The third kappa shape index (κ3) is 6.93. The molecule has 1 amide bonds. The van der Waals surface area contributed by atoms with E-state index in [4.69, 9.17) is 0 Å². The van der Waals surface area contributed by atoms with E-state index < -0.39 is 0 Å². The highest BCUT2D eigenvalue weighted by Crippen LogP contribution is 2.07. The molecule has 1 aliphatic rings. The van der Waals surface area contributed by atoms with E-state index in [0.717, 1.165) is 24.8 Å². The van der Waals surface area contributed by atoms with Gasteiger partial charge in [0, 0.05) is 12.1 Å². The highest BCUT2D eigenvalue weighted by molar-refractivity contribution is 5.96. The molecule has 2 nitrogen and oxygen atoms in total. The predicted molar refractivity (Wildman–Crippen MR) is 86.4 cm³/mol. The molecule has 0 aromatic rings. The van der Waals surface area contributed by atoms with Crippen LogP contribution in [0.4, 0.5) is 0 Å². The van der Waals surface area contributed by atoms with Gasteiger partial charge in [-0.2, -0.15) is 0 Å². The molecule has 1 N–H and O–H groups in total. The van der Waals surface area contributed by atoms with E-state index in [9.17, 15) is 4.79 Å². The van der Waals surface area contributed by atoms with Gasteiger partial charge < -0.3 is 5.32 Å². The maximum atomic E-state index is 11.9. The lowest BCUT2D eigenvalue weighted by molar-refractivity contribution is -0.117. The van der Waals surface area contributed by atoms with Crippen molar-refractivity contribution in [1.82, 2.24) is 5.32 Å². The summed E-state index contributed by atoms with van der Waals surface area (Å²) in [5.41, 5.74) is 3.41. The molecule has 0 aromatic carbocycles. The first-order chi connectivity index (χ1) is 9.59. The van der Waals surface area contributed by atoms with Crippen LogP contribution < -0.4 is 5.32 Å². The Bertz CT molecular complexity index is 472. The van der Waals surface area contributed by atoms with Crippen molar-refractivity contribution < 1.29 is 4.79 Å². The lowest BCUT2D eigenvalue weighted by Gasteiger charge is -2.04. The average Bonchev–Trinajstić information content (AvgIpc) is 2.67. The highest BCUT2D eigenvalue weighted by atomic mass is 16.1. The average molecular weight is 271 g/mol. The van der Waals surface area contributed by atoms with Crippen LogP contribution in [-0.2, 0) is 4.79 Å². The fraction of sp³-hybridized carbons (Fsp3) is 0.389. The molecule has 0 saturated carbocycles. The summed E-state index contributed by atoms with van der Waals surface area (Å²) in [4.78, 5) is 11.9. The van der Waals surface area contributed by atoms with Crippen molar-refractivity contribution in [3.63, 3.8) is 0 Å². The van der Waals surface area contributed by atoms with Crippen LogP contribution in [0.1, 0.15) is 40.0 Å². The van der Waals surface area contributed by atoms with Crippen molar-refractivity contribution in [2.75, 3.05) is 6.54 Å². The normalized spacial score (nSPS) is 14.6. The summed E-state index contributed by atoms with van der Waals surface area (Å²) in [7, 11) is 0. The second-order valence-electron chi connectivity index (χ2n) is 5.26. The molecule has 0 spiro atoms. The van der Waals surface area contributed by atoms with Crippen LogP contribution in [0.15, 0.2) is 59.3 Å². The van der Waals surface area contributed by atoms with Gasteiger partial charge in [0.25, 0.3) is 5.91 Å².